The van der Waals surface area contributed by atoms with E-state index in [0.717, 1.165) is 0 Å². The first-order valence-corrected chi connectivity index (χ1v) is 0.471. The molecule has 0 saturated carbocycles. The number of carbonyl (C=O) groups is 1. The summed E-state index contributed by atoms with van der Waals surface area (Å²) >= 11 is 0. The van der Waals surface area contributed by atoms with Crippen LogP contribution in [0.15, 0.2) is 0 Å². The smallest absolute Gasteiger partial charge is 0.0275 e. The molecule has 3 nitrogen and oxygen atoms in total. The van der Waals surface area contributed by atoms with Crippen LogP contribution in [-0.4, -0.2) is 6.47 Å². The van der Waals surface area contributed by atoms with Crippen LogP contribution in [-0.2, 0) is 25.9 Å². The topological polar surface area (TPSA) is 76.6 Å². The summed E-state index contributed by atoms with van der Waals surface area (Å²) in [5.41, 5.74) is 0. The van der Waals surface area contributed by atoms with E-state index in [1.807, 2.05) is 0 Å². The van der Waals surface area contributed by atoms with E-state index >= 15 is 0 Å². The molecule has 0 unspecified atom stereocenters. The van der Waals surface area contributed by atoms with Gasteiger partial charge in [-0.05, 0) is 0 Å². The van der Waals surface area contributed by atoms with Crippen LogP contribution in [0.1, 0.15) is 0 Å². The van der Waals surface area contributed by atoms with Crippen molar-refractivity contribution in [2.24, 2.45) is 0 Å². The van der Waals surface area contributed by atoms with Crippen LogP contribution in [0.2, 0.25) is 0 Å². The average Bonchev–Trinajstić information content (AvgIpc) is 0.918. The molecule has 0 aromatic carbocycles. The molecule has 4 N–H and O–H groups in total. The first kappa shape index (κ1) is 19.3. The molecule has 0 bridgehead atoms. The quantitative estimate of drug-likeness (QED) is 0.353. The molecule has 0 aliphatic rings. The van der Waals surface area contributed by atoms with Crippen LogP contribution in [0.25, 0.3) is 0 Å². The predicted molar refractivity (Wildman–Crippen MR) is 12.0 cm³/mol. The first-order valence-electron chi connectivity index (χ1n) is 0.471. The number of carboxylic acid groups (broad SMARTS) is 1. The molecule has 0 aromatic rings. The van der Waals surface area contributed by atoms with E-state index < -0.39 is 6.47 Å². The molecule has 5 heavy (non-hydrogen) atoms. The van der Waals surface area contributed by atoms with Crippen LogP contribution in [0.4, 0.5) is 0 Å². The molecule has 0 aliphatic heterocycles. The molecule has 4 heteroatoms. The Kier molecular flexibility index (Phi) is 124. The summed E-state index contributed by atoms with van der Waals surface area (Å²) in [4.78, 5) is 8.25. The van der Waals surface area contributed by atoms with Crippen LogP contribution < -0.4 is 11.3 Å². The molecule has 0 fully saturated rings. The van der Waals surface area contributed by atoms with Gasteiger partial charge in [0.15, 0.2) is 0 Å². The third kappa shape index (κ3) is 1320. The Balaban J connectivity index is -0.0000000200. The first-order chi connectivity index (χ1) is 1.41. The van der Waals surface area contributed by atoms with Gasteiger partial charge >= 0.3 is 0 Å². The molecule has 0 heterocycles. The van der Waals surface area contributed by atoms with Crippen LogP contribution in [0.5, 0.6) is 0 Å². The van der Waals surface area contributed by atoms with Crippen molar-refractivity contribution in [3.05, 3.63) is 0 Å². The molecule has 0 amide bonds. The van der Waals surface area contributed by atoms with Gasteiger partial charge in [0.25, 0.3) is 0 Å². The van der Waals surface area contributed by atoms with Gasteiger partial charge in [0.2, 0.25) is 0 Å². The second-order valence-corrected chi connectivity index (χ2v) is 0.0962. The van der Waals surface area contributed by atoms with E-state index in [0.29, 0.717) is 0 Å². The van der Waals surface area contributed by atoms with Crippen LogP contribution >= 0.6 is 0 Å². The van der Waals surface area contributed by atoms with E-state index in [2.05, 4.69) is 0 Å². The Bertz CT molecular complexity index is 17.1. The van der Waals surface area contributed by atoms with Crippen molar-refractivity contribution < 1.29 is 31.0 Å². The summed E-state index contributed by atoms with van der Waals surface area (Å²) in [5.74, 6) is 0. The average molecular weight is 159 g/mol. The normalized spacial score (nSPS) is 2.40. The number of rotatable bonds is 0. The van der Waals surface area contributed by atoms with Gasteiger partial charge < -0.3 is 16.1 Å². The van der Waals surface area contributed by atoms with E-state index in [1.54, 1.807) is 0 Å². The van der Waals surface area contributed by atoms with E-state index in [-0.39, 0.29) is 27.2 Å². The standard InChI is InChI=1S/CH2O2.Mo.H3N/c2-1-3;;/h1H,(H,2,3);;1H3. The SMILES string of the molecule is O=C[O-].[Mo].[NH4+]. The fourth-order valence-electron chi connectivity index (χ4n) is 0. The van der Waals surface area contributed by atoms with Crippen molar-refractivity contribution in [1.29, 1.82) is 0 Å². The van der Waals surface area contributed by atoms with Crippen molar-refractivity contribution in [1.82, 2.24) is 6.15 Å². The van der Waals surface area contributed by atoms with Gasteiger partial charge in [-0.1, -0.05) is 0 Å². The minimum Gasteiger partial charge on any atom is -0.554 e. The number of hydrogen-bond donors (Lipinski definition) is 1. The zero-order valence-corrected chi connectivity index (χ0v) is 4.81. The summed E-state index contributed by atoms with van der Waals surface area (Å²) in [6.45, 7) is -0.500. The molecule has 0 spiro atoms. The zero-order valence-electron chi connectivity index (χ0n) is 2.80. The molecular weight excluding hydrogens is 154 g/mol. The van der Waals surface area contributed by atoms with Gasteiger partial charge in [0.05, 0.1) is 0 Å². The molecule has 0 saturated heterocycles. The summed E-state index contributed by atoms with van der Waals surface area (Å²) < 4.78 is 0. The summed E-state index contributed by atoms with van der Waals surface area (Å²) in [6.07, 6.45) is 0. The summed E-state index contributed by atoms with van der Waals surface area (Å²) in [7, 11) is 0. The second kappa shape index (κ2) is 32.0. The molecule has 0 aromatic heterocycles. The monoisotopic (exact) mass is 161 g/mol. The fraction of sp³-hybridized carbons (Fsp3) is 0. The van der Waals surface area contributed by atoms with Gasteiger partial charge in [-0.3, -0.25) is 0 Å². The minimum absolute atomic E-state index is 0. The predicted octanol–water partition coefficient (Wildman–Crippen LogP) is -1.26. The van der Waals surface area contributed by atoms with Crippen molar-refractivity contribution in [3.8, 4) is 0 Å². The van der Waals surface area contributed by atoms with E-state index in [1.165, 1.54) is 0 Å². The van der Waals surface area contributed by atoms with Gasteiger partial charge in [-0.25, -0.2) is 0 Å². The molecule has 0 rings (SSSR count). The third-order valence-corrected chi connectivity index (χ3v) is 0. The van der Waals surface area contributed by atoms with Crippen LogP contribution in [0.3, 0.4) is 0 Å². The minimum atomic E-state index is -0.500. The summed E-state index contributed by atoms with van der Waals surface area (Å²) in [5, 5.41) is 8.25. The van der Waals surface area contributed by atoms with Crippen molar-refractivity contribution in [2.75, 3.05) is 0 Å². The number of carbonyl (C=O) groups excluding carboxylic acids is 1. The number of hydrogen-bond acceptors (Lipinski definition) is 2. The maximum Gasteiger partial charge on any atom is 0.0275 e. The molecular formula is CH5MoNO2. The Labute approximate surface area is 44.2 Å². The van der Waals surface area contributed by atoms with Gasteiger partial charge in [-0.15, -0.1) is 0 Å². The Morgan fingerprint density at radius 1 is 1.60 bits per heavy atom. The van der Waals surface area contributed by atoms with E-state index in [9.17, 15) is 0 Å². The molecule has 32 valence electrons. The molecule has 0 atom stereocenters. The Hall–Kier alpha value is 0.118. The molecule has 0 radical (unpaired) electrons. The summed E-state index contributed by atoms with van der Waals surface area (Å²) in [6, 6.07) is 0. The van der Waals surface area contributed by atoms with Gasteiger partial charge in [0.1, 0.15) is 0 Å². The van der Waals surface area contributed by atoms with E-state index in [4.69, 9.17) is 9.90 Å². The Morgan fingerprint density at radius 3 is 1.60 bits per heavy atom. The van der Waals surface area contributed by atoms with Crippen molar-refractivity contribution in [3.63, 3.8) is 0 Å². The fourth-order valence-corrected chi connectivity index (χ4v) is 0. The van der Waals surface area contributed by atoms with Crippen molar-refractivity contribution >= 4 is 6.47 Å². The zero-order chi connectivity index (χ0) is 2.71. The van der Waals surface area contributed by atoms with Crippen LogP contribution in [0, 0.1) is 0 Å². The maximum atomic E-state index is 8.25. The van der Waals surface area contributed by atoms with Crippen molar-refractivity contribution in [2.45, 2.75) is 0 Å². The van der Waals surface area contributed by atoms with Gasteiger partial charge in [0, 0.05) is 27.5 Å². The van der Waals surface area contributed by atoms with Gasteiger partial charge in [-0.2, -0.15) is 0 Å². The largest absolute Gasteiger partial charge is 0.554 e. The number of quaternary nitrogens is 1. The maximum absolute atomic E-state index is 8.25. The third-order valence-electron chi connectivity index (χ3n) is 0. The Morgan fingerprint density at radius 2 is 1.60 bits per heavy atom. The second-order valence-electron chi connectivity index (χ2n) is 0.0962. The molecule has 0 aliphatic carbocycles.